The number of halogens is 1. The summed E-state index contributed by atoms with van der Waals surface area (Å²) in [6, 6.07) is 6.66. The highest BCUT2D eigenvalue weighted by Crippen LogP contribution is 2.39. The summed E-state index contributed by atoms with van der Waals surface area (Å²) in [5.74, 6) is 1.00. The lowest BCUT2D eigenvalue weighted by molar-refractivity contribution is 0.103. The van der Waals surface area contributed by atoms with Crippen LogP contribution in [0, 0.1) is 0 Å². The van der Waals surface area contributed by atoms with Crippen LogP contribution in [0.25, 0.3) is 10.8 Å². The Bertz CT molecular complexity index is 1020. The average Bonchev–Trinajstić information content (AvgIpc) is 2.68. The van der Waals surface area contributed by atoms with Crippen molar-refractivity contribution in [2.45, 2.75) is 6.92 Å². The lowest BCUT2D eigenvalue weighted by Crippen LogP contribution is -2.05. The average molecular weight is 432 g/mol. The van der Waals surface area contributed by atoms with Gasteiger partial charge < -0.3 is 19.3 Å². The summed E-state index contributed by atoms with van der Waals surface area (Å²) < 4.78 is 16.6. The number of hydrogen-bond donors (Lipinski definition) is 1. The Hall–Kier alpha value is -2.80. The van der Waals surface area contributed by atoms with Gasteiger partial charge in [0.25, 0.3) is 0 Å². The van der Waals surface area contributed by atoms with Crippen LogP contribution >= 0.6 is 15.9 Å². The van der Waals surface area contributed by atoms with Gasteiger partial charge in [-0.15, -0.1) is 0 Å². The molecule has 0 atom stereocenters. The molecule has 0 saturated heterocycles. The van der Waals surface area contributed by atoms with E-state index in [1.807, 2.05) is 6.92 Å². The van der Waals surface area contributed by atoms with Crippen molar-refractivity contribution in [3.63, 3.8) is 0 Å². The smallest absolute Gasteiger partial charge is 0.195 e. The number of rotatable bonds is 6. The van der Waals surface area contributed by atoms with Gasteiger partial charge in [-0.3, -0.25) is 9.78 Å². The van der Waals surface area contributed by atoms with Crippen LogP contribution in [0.3, 0.4) is 0 Å². The van der Waals surface area contributed by atoms with Crippen molar-refractivity contribution < 1.29 is 24.1 Å². The fraction of sp³-hybridized carbons (Fsp3) is 0.200. The zero-order valence-electron chi connectivity index (χ0n) is 15.1. The molecule has 0 unspecified atom stereocenters. The molecular formula is C20H18BrNO5. The van der Waals surface area contributed by atoms with E-state index in [9.17, 15) is 9.90 Å². The number of phenols is 1. The van der Waals surface area contributed by atoms with Gasteiger partial charge in [0, 0.05) is 28.9 Å². The van der Waals surface area contributed by atoms with Crippen LogP contribution in [0.5, 0.6) is 23.0 Å². The molecule has 7 heteroatoms. The molecule has 1 N–H and O–H groups in total. The first-order chi connectivity index (χ1) is 13.0. The summed E-state index contributed by atoms with van der Waals surface area (Å²) >= 11 is 3.40. The SMILES string of the molecule is CCOc1ccc2c(C(=O)c3cc(Br)c(OC)c(OC)c3)cncc2c1O. The van der Waals surface area contributed by atoms with Gasteiger partial charge in [0.05, 0.1) is 25.3 Å². The molecule has 0 aliphatic rings. The van der Waals surface area contributed by atoms with Crippen LogP contribution in [0.15, 0.2) is 41.1 Å². The third-order valence-electron chi connectivity index (χ3n) is 4.12. The van der Waals surface area contributed by atoms with Crippen molar-refractivity contribution in [3.8, 4) is 23.0 Å². The van der Waals surface area contributed by atoms with Gasteiger partial charge in [0.2, 0.25) is 0 Å². The van der Waals surface area contributed by atoms with Crippen molar-refractivity contribution in [1.29, 1.82) is 0 Å². The molecule has 2 aromatic carbocycles. The first-order valence-electron chi connectivity index (χ1n) is 8.20. The molecule has 0 spiro atoms. The molecule has 0 fully saturated rings. The minimum atomic E-state index is -0.252. The molecule has 140 valence electrons. The van der Waals surface area contributed by atoms with E-state index in [0.29, 0.717) is 50.2 Å². The molecule has 1 aromatic heterocycles. The van der Waals surface area contributed by atoms with Gasteiger partial charge in [-0.1, -0.05) is 0 Å². The fourth-order valence-corrected chi connectivity index (χ4v) is 3.47. The molecule has 27 heavy (non-hydrogen) atoms. The maximum atomic E-state index is 13.1. The summed E-state index contributed by atoms with van der Waals surface area (Å²) in [4.78, 5) is 17.2. The summed E-state index contributed by atoms with van der Waals surface area (Å²) in [7, 11) is 3.03. The molecule has 0 radical (unpaired) electrons. The van der Waals surface area contributed by atoms with Gasteiger partial charge in [-0.25, -0.2) is 0 Å². The lowest BCUT2D eigenvalue weighted by atomic mass is 9.98. The molecule has 6 nitrogen and oxygen atoms in total. The Balaban J connectivity index is 2.14. The highest BCUT2D eigenvalue weighted by molar-refractivity contribution is 9.10. The van der Waals surface area contributed by atoms with Crippen molar-refractivity contribution >= 4 is 32.5 Å². The quantitative estimate of drug-likeness (QED) is 0.584. The molecule has 3 rings (SSSR count). The maximum absolute atomic E-state index is 13.1. The molecule has 0 saturated carbocycles. The predicted molar refractivity (Wildman–Crippen MR) is 105 cm³/mol. The number of carbonyl (C=O) groups is 1. The van der Waals surface area contributed by atoms with Gasteiger partial charge in [-0.2, -0.15) is 0 Å². The van der Waals surface area contributed by atoms with Crippen LogP contribution in [0.2, 0.25) is 0 Å². The highest BCUT2D eigenvalue weighted by Gasteiger charge is 2.20. The zero-order chi connectivity index (χ0) is 19.6. The second-order valence-corrected chi connectivity index (χ2v) is 6.50. The first kappa shape index (κ1) is 19.0. The minimum absolute atomic E-state index is 0.0370. The number of methoxy groups -OCH3 is 2. The first-order valence-corrected chi connectivity index (χ1v) is 8.99. The number of pyridine rings is 1. The Morgan fingerprint density at radius 3 is 2.56 bits per heavy atom. The Morgan fingerprint density at radius 1 is 1.11 bits per heavy atom. The number of ether oxygens (including phenoxy) is 3. The Labute approximate surface area is 164 Å². The van der Waals surface area contributed by atoms with E-state index in [2.05, 4.69) is 20.9 Å². The lowest BCUT2D eigenvalue weighted by Gasteiger charge is -2.13. The monoisotopic (exact) mass is 431 g/mol. The summed E-state index contributed by atoms with van der Waals surface area (Å²) in [6.45, 7) is 2.25. The number of phenolic OH excluding ortho intramolecular Hbond substituents is 1. The van der Waals surface area contributed by atoms with Gasteiger partial charge in [0.1, 0.15) is 0 Å². The molecule has 0 aliphatic heterocycles. The number of ketones is 1. The number of nitrogens with zero attached hydrogens (tertiary/aromatic N) is 1. The fourth-order valence-electron chi connectivity index (χ4n) is 2.87. The van der Waals surface area contributed by atoms with Gasteiger partial charge in [0.15, 0.2) is 28.8 Å². The minimum Gasteiger partial charge on any atom is -0.504 e. The van der Waals surface area contributed by atoms with Crippen LogP contribution in [0.4, 0.5) is 0 Å². The van der Waals surface area contributed by atoms with E-state index < -0.39 is 0 Å². The van der Waals surface area contributed by atoms with Crippen molar-refractivity contribution in [3.05, 3.63) is 52.3 Å². The third kappa shape index (κ3) is 3.42. The van der Waals surface area contributed by atoms with E-state index in [1.165, 1.54) is 26.6 Å². The Morgan fingerprint density at radius 2 is 1.89 bits per heavy atom. The molecule has 3 aromatic rings. The standard InChI is InChI=1S/C20H18BrNO5/c1-4-27-16-6-5-12-13(9-22-10-14(12)19(16)24)18(23)11-7-15(21)20(26-3)17(8-11)25-2/h5-10,24H,4H2,1-3H3. The summed E-state index contributed by atoms with van der Waals surface area (Å²) in [5, 5.41) is 11.5. The zero-order valence-corrected chi connectivity index (χ0v) is 16.7. The molecule has 0 amide bonds. The third-order valence-corrected chi connectivity index (χ3v) is 4.71. The largest absolute Gasteiger partial charge is 0.504 e. The van der Waals surface area contributed by atoms with Crippen molar-refractivity contribution in [2.75, 3.05) is 20.8 Å². The number of carbonyl (C=O) groups excluding carboxylic acids is 1. The summed E-state index contributed by atoms with van der Waals surface area (Å²) in [6.07, 6.45) is 2.99. The number of benzene rings is 2. The van der Waals surface area contributed by atoms with Crippen LogP contribution < -0.4 is 14.2 Å². The highest BCUT2D eigenvalue weighted by atomic mass is 79.9. The predicted octanol–water partition coefficient (Wildman–Crippen LogP) is 4.35. The molecule has 1 heterocycles. The van der Waals surface area contributed by atoms with Crippen LogP contribution in [-0.2, 0) is 0 Å². The van der Waals surface area contributed by atoms with Gasteiger partial charge in [-0.05, 0) is 52.5 Å². The molecule has 0 bridgehead atoms. The molecular weight excluding hydrogens is 414 g/mol. The van der Waals surface area contributed by atoms with Crippen molar-refractivity contribution in [1.82, 2.24) is 4.98 Å². The van der Waals surface area contributed by atoms with Gasteiger partial charge >= 0.3 is 0 Å². The molecule has 0 aliphatic carbocycles. The number of fused-ring (bicyclic) bond motifs is 1. The van der Waals surface area contributed by atoms with Crippen molar-refractivity contribution in [2.24, 2.45) is 0 Å². The van der Waals surface area contributed by atoms with E-state index in [0.717, 1.165) is 0 Å². The van der Waals surface area contributed by atoms with E-state index >= 15 is 0 Å². The number of aromatic nitrogens is 1. The second-order valence-electron chi connectivity index (χ2n) is 5.65. The second kappa shape index (κ2) is 7.84. The van der Waals surface area contributed by atoms with E-state index in [1.54, 1.807) is 24.3 Å². The maximum Gasteiger partial charge on any atom is 0.195 e. The topological polar surface area (TPSA) is 77.9 Å². The number of aromatic hydroxyl groups is 1. The Kier molecular flexibility index (Phi) is 5.51. The van der Waals surface area contributed by atoms with E-state index in [-0.39, 0.29) is 11.5 Å². The van der Waals surface area contributed by atoms with E-state index in [4.69, 9.17) is 14.2 Å². The van der Waals surface area contributed by atoms with Crippen LogP contribution in [-0.4, -0.2) is 36.7 Å². The van der Waals surface area contributed by atoms with Crippen LogP contribution in [0.1, 0.15) is 22.8 Å². The normalized spacial score (nSPS) is 10.7. The number of hydrogen-bond acceptors (Lipinski definition) is 6. The summed E-state index contributed by atoms with van der Waals surface area (Å²) in [5.41, 5.74) is 0.771.